The molecule has 2 rings (SSSR count). The second-order valence-corrected chi connectivity index (χ2v) is 4.59. The van der Waals surface area contributed by atoms with E-state index in [0.717, 1.165) is 12.6 Å². The van der Waals surface area contributed by atoms with E-state index in [9.17, 15) is 8.78 Å². The van der Waals surface area contributed by atoms with Gasteiger partial charge in [-0.2, -0.15) is 0 Å². The molecular weight excluding hydrogens is 252 g/mol. The van der Waals surface area contributed by atoms with E-state index in [0.29, 0.717) is 31.8 Å². The van der Waals surface area contributed by atoms with E-state index in [1.807, 2.05) is 6.92 Å². The van der Waals surface area contributed by atoms with Crippen molar-refractivity contribution in [2.75, 3.05) is 26.4 Å². The maximum Gasteiger partial charge on any atom is 0.129 e. The van der Waals surface area contributed by atoms with Gasteiger partial charge in [0.1, 0.15) is 11.6 Å². The number of halogens is 2. The summed E-state index contributed by atoms with van der Waals surface area (Å²) in [6.07, 6.45) is 0.353. The van der Waals surface area contributed by atoms with E-state index in [-0.39, 0.29) is 12.1 Å². The van der Waals surface area contributed by atoms with Crippen molar-refractivity contribution in [3.8, 4) is 0 Å². The molecule has 1 fully saturated rings. The molecule has 5 heteroatoms. The van der Waals surface area contributed by atoms with Crippen LogP contribution in [0.4, 0.5) is 8.78 Å². The molecule has 1 saturated heterocycles. The second-order valence-electron chi connectivity index (χ2n) is 4.59. The Bertz CT molecular complexity index is 408. The van der Waals surface area contributed by atoms with E-state index < -0.39 is 11.6 Å². The highest BCUT2D eigenvalue weighted by molar-refractivity contribution is 5.20. The van der Waals surface area contributed by atoms with Crippen LogP contribution in [0.1, 0.15) is 12.5 Å². The monoisotopic (exact) mass is 271 g/mol. The van der Waals surface area contributed by atoms with E-state index in [2.05, 4.69) is 5.32 Å². The molecule has 1 aliphatic rings. The molecule has 1 heterocycles. The minimum Gasteiger partial charge on any atom is -0.376 e. The summed E-state index contributed by atoms with van der Waals surface area (Å²) in [4.78, 5) is 0. The molecule has 0 saturated carbocycles. The maximum absolute atomic E-state index is 13.7. The predicted molar refractivity (Wildman–Crippen MR) is 68.1 cm³/mol. The Morgan fingerprint density at radius 3 is 2.84 bits per heavy atom. The number of ether oxygens (including phenoxy) is 2. The van der Waals surface area contributed by atoms with Crippen molar-refractivity contribution in [2.45, 2.75) is 25.5 Å². The lowest BCUT2D eigenvalue weighted by atomic mass is 10.0. The first-order valence-electron chi connectivity index (χ1n) is 6.57. The molecule has 1 N–H and O–H groups in total. The lowest BCUT2D eigenvalue weighted by molar-refractivity contribution is -0.101. The first-order chi connectivity index (χ1) is 9.20. The maximum atomic E-state index is 13.7. The molecule has 1 aliphatic heterocycles. The SMILES string of the molecule is CCNC(Cc1ccc(F)cc1F)C1COCCO1. The number of hydrogen-bond donors (Lipinski definition) is 1. The van der Waals surface area contributed by atoms with Crippen molar-refractivity contribution in [1.82, 2.24) is 5.32 Å². The minimum absolute atomic E-state index is 0.0368. The largest absolute Gasteiger partial charge is 0.376 e. The Kier molecular flexibility index (Phi) is 5.24. The zero-order valence-corrected chi connectivity index (χ0v) is 11.0. The van der Waals surface area contributed by atoms with Crippen LogP contribution >= 0.6 is 0 Å². The number of likely N-dealkylation sites (N-methyl/N-ethyl adjacent to an activating group) is 1. The van der Waals surface area contributed by atoms with Gasteiger partial charge in [-0.1, -0.05) is 13.0 Å². The molecule has 2 unspecified atom stereocenters. The summed E-state index contributed by atoms with van der Waals surface area (Å²) in [5.74, 6) is -1.07. The van der Waals surface area contributed by atoms with Gasteiger partial charge in [-0.05, 0) is 24.6 Å². The summed E-state index contributed by atoms with van der Waals surface area (Å²) in [5.41, 5.74) is 0.488. The lowest BCUT2D eigenvalue weighted by Gasteiger charge is -2.31. The van der Waals surface area contributed by atoms with E-state index in [1.54, 1.807) is 0 Å². The van der Waals surface area contributed by atoms with E-state index in [1.165, 1.54) is 12.1 Å². The Balaban J connectivity index is 2.06. The first-order valence-corrected chi connectivity index (χ1v) is 6.57. The summed E-state index contributed by atoms with van der Waals surface area (Å²) in [6.45, 7) is 4.39. The molecule has 0 spiro atoms. The molecule has 0 amide bonds. The van der Waals surface area contributed by atoms with E-state index >= 15 is 0 Å². The normalized spacial score (nSPS) is 21.3. The van der Waals surface area contributed by atoms with Crippen LogP contribution < -0.4 is 5.32 Å². The molecule has 0 aromatic heterocycles. The molecular formula is C14H19F2NO2. The van der Waals surface area contributed by atoms with Crippen LogP contribution in [0.5, 0.6) is 0 Å². The van der Waals surface area contributed by atoms with Crippen molar-refractivity contribution in [3.05, 3.63) is 35.4 Å². The van der Waals surface area contributed by atoms with Gasteiger partial charge in [0.05, 0.1) is 25.9 Å². The van der Waals surface area contributed by atoms with Gasteiger partial charge < -0.3 is 14.8 Å². The van der Waals surface area contributed by atoms with Crippen LogP contribution in [0.15, 0.2) is 18.2 Å². The third-order valence-electron chi connectivity index (χ3n) is 3.21. The fourth-order valence-corrected chi connectivity index (χ4v) is 2.26. The summed E-state index contributed by atoms with van der Waals surface area (Å²) in [7, 11) is 0. The summed E-state index contributed by atoms with van der Waals surface area (Å²) >= 11 is 0. The number of nitrogens with one attached hydrogen (secondary N) is 1. The van der Waals surface area contributed by atoms with Crippen LogP contribution in [0.3, 0.4) is 0 Å². The average Bonchev–Trinajstić information content (AvgIpc) is 2.42. The standard InChI is InChI=1S/C14H19F2NO2/c1-2-17-13(14-9-18-5-6-19-14)7-10-3-4-11(15)8-12(10)16/h3-4,8,13-14,17H,2,5-7,9H2,1H3. The van der Waals surface area contributed by atoms with Gasteiger partial charge in [-0.25, -0.2) is 8.78 Å². The fourth-order valence-electron chi connectivity index (χ4n) is 2.26. The highest BCUT2D eigenvalue weighted by atomic mass is 19.1. The highest BCUT2D eigenvalue weighted by Gasteiger charge is 2.25. The highest BCUT2D eigenvalue weighted by Crippen LogP contribution is 2.15. The van der Waals surface area contributed by atoms with Crippen LogP contribution in [-0.4, -0.2) is 38.5 Å². The summed E-state index contributed by atoms with van der Waals surface area (Å²) in [6, 6.07) is 3.64. The van der Waals surface area contributed by atoms with Gasteiger partial charge in [0.15, 0.2) is 0 Å². The van der Waals surface area contributed by atoms with Gasteiger partial charge in [0.2, 0.25) is 0 Å². The van der Waals surface area contributed by atoms with Crippen molar-refractivity contribution in [1.29, 1.82) is 0 Å². The smallest absolute Gasteiger partial charge is 0.129 e. The molecule has 0 radical (unpaired) electrons. The molecule has 1 aromatic carbocycles. The summed E-state index contributed by atoms with van der Waals surface area (Å²) < 4.78 is 37.6. The third-order valence-corrected chi connectivity index (χ3v) is 3.21. The van der Waals surface area contributed by atoms with Gasteiger partial charge in [0, 0.05) is 12.1 Å². The molecule has 2 atom stereocenters. The number of rotatable bonds is 5. The Morgan fingerprint density at radius 2 is 2.21 bits per heavy atom. The second kappa shape index (κ2) is 6.93. The minimum atomic E-state index is -0.557. The molecule has 1 aromatic rings. The van der Waals surface area contributed by atoms with Crippen LogP contribution in [0.25, 0.3) is 0 Å². The van der Waals surface area contributed by atoms with Crippen LogP contribution in [-0.2, 0) is 15.9 Å². The van der Waals surface area contributed by atoms with Gasteiger partial charge in [0.25, 0.3) is 0 Å². The van der Waals surface area contributed by atoms with Crippen LogP contribution in [0.2, 0.25) is 0 Å². The topological polar surface area (TPSA) is 30.5 Å². The van der Waals surface area contributed by atoms with Gasteiger partial charge in [-0.3, -0.25) is 0 Å². The van der Waals surface area contributed by atoms with Crippen molar-refractivity contribution in [2.24, 2.45) is 0 Å². The average molecular weight is 271 g/mol. The predicted octanol–water partition coefficient (Wildman–Crippen LogP) is 1.90. The fraction of sp³-hybridized carbons (Fsp3) is 0.571. The Hall–Kier alpha value is -1.04. The number of hydrogen-bond acceptors (Lipinski definition) is 3. The molecule has 19 heavy (non-hydrogen) atoms. The summed E-state index contributed by atoms with van der Waals surface area (Å²) in [5, 5.41) is 3.28. The van der Waals surface area contributed by atoms with E-state index in [4.69, 9.17) is 9.47 Å². The third kappa shape index (κ3) is 3.96. The van der Waals surface area contributed by atoms with Crippen LogP contribution in [0, 0.1) is 11.6 Å². The zero-order valence-electron chi connectivity index (χ0n) is 11.0. The Morgan fingerprint density at radius 1 is 1.37 bits per heavy atom. The lowest BCUT2D eigenvalue weighted by Crippen LogP contribution is -2.48. The van der Waals surface area contributed by atoms with Gasteiger partial charge in [-0.15, -0.1) is 0 Å². The van der Waals surface area contributed by atoms with Crippen molar-refractivity contribution in [3.63, 3.8) is 0 Å². The molecule has 0 bridgehead atoms. The molecule has 3 nitrogen and oxygen atoms in total. The molecule has 106 valence electrons. The zero-order chi connectivity index (χ0) is 13.7. The number of benzene rings is 1. The van der Waals surface area contributed by atoms with Crippen molar-refractivity contribution >= 4 is 0 Å². The first kappa shape index (κ1) is 14.4. The van der Waals surface area contributed by atoms with Crippen molar-refractivity contribution < 1.29 is 18.3 Å². The quantitative estimate of drug-likeness (QED) is 0.887. The Labute approximate surface area is 111 Å². The molecule has 0 aliphatic carbocycles. The van der Waals surface area contributed by atoms with Gasteiger partial charge >= 0.3 is 0 Å².